The Morgan fingerprint density at radius 3 is 2.33 bits per heavy atom. The predicted molar refractivity (Wildman–Crippen MR) is 46.6 cm³/mol. The average Bonchev–Trinajstić information content (AvgIpc) is 1.98. The minimum Gasteiger partial charge on any atom is -0.462 e. The number of esters is 1. The van der Waals surface area contributed by atoms with E-state index in [-0.39, 0.29) is 5.57 Å². The summed E-state index contributed by atoms with van der Waals surface area (Å²) in [7, 11) is 0. The quantitative estimate of drug-likeness (QED) is 0.510. The van der Waals surface area contributed by atoms with Gasteiger partial charge >= 0.3 is 5.97 Å². The van der Waals surface area contributed by atoms with E-state index in [1.54, 1.807) is 0 Å². The molecule has 0 rings (SSSR count). The van der Waals surface area contributed by atoms with Crippen LogP contribution in [0.2, 0.25) is 0 Å². The molecule has 0 amide bonds. The Kier molecular flexibility index (Phi) is 4.59. The summed E-state index contributed by atoms with van der Waals surface area (Å²) in [5.74, 6) is -0.213. The number of carbonyl (C=O) groups excluding carboxylic acids is 1. The fourth-order valence-corrected chi connectivity index (χ4v) is 0.506. The highest BCUT2D eigenvalue weighted by atomic mass is 16.5. The van der Waals surface area contributed by atoms with Crippen molar-refractivity contribution in [3.05, 3.63) is 12.2 Å². The molecule has 0 aromatic heterocycles. The number of carbonyl (C=O) groups is 1. The van der Waals surface area contributed by atoms with E-state index in [2.05, 4.69) is 6.58 Å². The van der Waals surface area contributed by atoms with Crippen LogP contribution in [0.25, 0.3) is 0 Å². The second-order valence-corrected chi connectivity index (χ2v) is 3.19. The van der Waals surface area contributed by atoms with Crippen molar-refractivity contribution in [2.75, 3.05) is 6.61 Å². The number of hydrogen-bond acceptors (Lipinski definition) is 3. The lowest BCUT2D eigenvalue weighted by molar-refractivity contribution is -0.141. The van der Waals surface area contributed by atoms with Crippen molar-refractivity contribution in [1.82, 2.24) is 0 Å². The largest absolute Gasteiger partial charge is 0.462 e. The first kappa shape index (κ1) is 11.2. The Hall–Kier alpha value is -0.830. The summed E-state index contributed by atoms with van der Waals surface area (Å²) in [6.07, 6.45) is -0.829. The van der Waals surface area contributed by atoms with Gasteiger partial charge in [0.1, 0.15) is 0 Å². The van der Waals surface area contributed by atoms with Crippen LogP contribution in [-0.2, 0) is 9.53 Å². The van der Waals surface area contributed by atoms with Gasteiger partial charge in [-0.05, 0) is 12.8 Å². The zero-order valence-corrected chi connectivity index (χ0v) is 7.83. The van der Waals surface area contributed by atoms with E-state index in [4.69, 9.17) is 9.84 Å². The zero-order valence-electron chi connectivity index (χ0n) is 7.83. The summed E-state index contributed by atoms with van der Waals surface area (Å²) in [5.41, 5.74) is 0.107. The Balaban J connectivity index is 3.81. The lowest BCUT2D eigenvalue weighted by atomic mass is 10.2. The fourth-order valence-electron chi connectivity index (χ4n) is 0.506. The third-order valence-electron chi connectivity index (χ3n) is 1.31. The molecule has 0 radical (unpaired) electrons. The standard InChI is InChI=1S/C9H16O3/c1-6(2)5-12-9(11)7(3)8(4)10/h6,8,10H,3,5H2,1-2,4H3. The van der Waals surface area contributed by atoms with Gasteiger partial charge in [-0.1, -0.05) is 20.4 Å². The van der Waals surface area contributed by atoms with E-state index in [0.29, 0.717) is 12.5 Å². The topological polar surface area (TPSA) is 46.5 Å². The number of rotatable bonds is 4. The molecule has 70 valence electrons. The Morgan fingerprint density at radius 2 is 2.00 bits per heavy atom. The lowest BCUT2D eigenvalue weighted by Gasteiger charge is -2.10. The van der Waals surface area contributed by atoms with Crippen LogP contribution in [0.15, 0.2) is 12.2 Å². The molecule has 0 fully saturated rings. The molecule has 0 spiro atoms. The van der Waals surface area contributed by atoms with Gasteiger partial charge in [0.15, 0.2) is 0 Å². The molecule has 0 aliphatic carbocycles. The highest BCUT2D eigenvalue weighted by molar-refractivity contribution is 5.88. The Morgan fingerprint density at radius 1 is 1.50 bits per heavy atom. The van der Waals surface area contributed by atoms with Crippen LogP contribution in [0.3, 0.4) is 0 Å². The van der Waals surface area contributed by atoms with Gasteiger partial charge in [-0.25, -0.2) is 4.79 Å². The number of aliphatic hydroxyl groups excluding tert-OH is 1. The van der Waals surface area contributed by atoms with Gasteiger partial charge in [0.2, 0.25) is 0 Å². The third kappa shape index (κ3) is 4.13. The van der Waals surface area contributed by atoms with Crippen molar-refractivity contribution < 1.29 is 14.6 Å². The molecule has 0 saturated carbocycles. The van der Waals surface area contributed by atoms with Gasteiger partial charge in [0, 0.05) is 0 Å². The second kappa shape index (κ2) is 4.93. The smallest absolute Gasteiger partial charge is 0.336 e. The molecule has 1 atom stereocenters. The monoisotopic (exact) mass is 172 g/mol. The van der Waals surface area contributed by atoms with Gasteiger partial charge in [-0.2, -0.15) is 0 Å². The second-order valence-electron chi connectivity index (χ2n) is 3.19. The van der Waals surface area contributed by atoms with Crippen LogP contribution >= 0.6 is 0 Å². The molecule has 0 aromatic rings. The van der Waals surface area contributed by atoms with Crippen LogP contribution in [-0.4, -0.2) is 23.8 Å². The van der Waals surface area contributed by atoms with E-state index < -0.39 is 12.1 Å². The maximum atomic E-state index is 11.0. The SMILES string of the molecule is C=C(C(=O)OCC(C)C)C(C)O. The molecule has 0 aliphatic heterocycles. The molecule has 0 bridgehead atoms. The lowest BCUT2D eigenvalue weighted by Crippen LogP contribution is -2.18. The highest BCUT2D eigenvalue weighted by Gasteiger charge is 2.13. The van der Waals surface area contributed by atoms with Crippen LogP contribution in [0, 0.1) is 5.92 Å². The predicted octanol–water partition coefficient (Wildman–Crippen LogP) is 1.12. The molecular weight excluding hydrogens is 156 g/mol. The number of ether oxygens (including phenoxy) is 1. The van der Waals surface area contributed by atoms with E-state index >= 15 is 0 Å². The van der Waals surface area contributed by atoms with Crippen LogP contribution < -0.4 is 0 Å². The van der Waals surface area contributed by atoms with Crippen LogP contribution in [0.4, 0.5) is 0 Å². The summed E-state index contributed by atoms with van der Waals surface area (Å²) in [6, 6.07) is 0. The fraction of sp³-hybridized carbons (Fsp3) is 0.667. The summed E-state index contributed by atoms with van der Waals surface area (Å²) in [4.78, 5) is 11.0. The van der Waals surface area contributed by atoms with Crippen molar-refractivity contribution in [1.29, 1.82) is 0 Å². The first-order valence-corrected chi connectivity index (χ1v) is 3.99. The van der Waals surface area contributed by atoms with Crippen molar-refractivity contribution in [2.45, 2.75) is 26.9 Å². The highest BCUT2D eigenvalue weighted by Crippen LogP contribution is 2.02. The van der Waals surface area contributed by atoms with E-state index in [9.17, 15) is 4.79 Å². The summed E-state index contributed by atoms with van der Waals surface area (Å²) in [6.45, 7) is 9.14. The Bertz CT molecular complexity index is 171. The van der Waals surface area contributed by atoms with Gasteiger partial charge in [0.25, 0.3) is 0 Å². The molecule has 0 aromatic carbocycles. The molecule has 0 saturated heterocycles. The van der Waals surface area contributed by atoms with Gasteiger partial charge in [0.05, 0.1) is 18.3 Å². The molecule has 1 N–H and O–H groups in total. The maximum Gasteiger partial charge on any atom is 0.336 e. The zero-order chi connectivity index (χ0) is 9.72. The first-order chi connectivity index (χ1) is 5.45. The molecule has 12 heavy (non-hydrogen) atoms. The van der Waals surface area contributed by atoms with Gasteiger partial charge in [-0.3, -0.25) is 0 Å². The van der Waals surface area contributed by atoms with Crippen molar-refractivity contribution in [3.63, 3.8) is 0 Å². The minimum absolute atomic E-state index is 0.107. The maximum absolute atomic E-state index is 11.0. The summed E-state index contributed by atoms with van der Waals surface area (Å²) in [5, 5.41) is 8.96. The Labute approximate surface area is 73.0 Å². The van der Waals surface area contributed by atoms with Crippen molar-refractivity contribution in [3.8, 4) is 0 Å². The molecule has 3 nitrogen and oxygen atoms in total. The van der Waals surface area contributed by atoms with E-state index in [1.165, 1.54) is 6.92 Å². The van der Waals surface area contributed by atoms with E-state index in [0.717, 1.165) is 0 Å². The van der Waals surface area contributed by atoms with Crippen LogP contribution in [0.5, 0.6) is 0 Å². The van der Waals surface area contributed by atoms with Gasteiger partial charge in [-0.15, -0.1) is 0 Å². The normalized spacial score (nSPS) is 12.8. The van der Waals surface area contributed by atoms with E-state index in [1.807, 2.05) is 13.8 Å². The molecular formula is C9H16O3. The van der Waals surface area contributed by atoms with Crippen molar-refractivity contribution >= 4 is 5.97 Å². The summed E-state index contributed by atoms with van der Waals surface area (Å²) < 4.78 is 4.83. The first-order valence-electron chi connectivity index (χ1n) is 3.99. The molecule has 3 heteroatoms. The average molecular weight is 172 g/mol. The molecule has 0 aliphatic rings. The molecule has 0 heterocycles. The summed E-state index contributed by atoms with van der Waals surface area (Å²) >= 11 is 0. The molecule has 1 unspecified atom stereocenters. The minimum atomic E-state index is -0.829. The third-order valence-corrected chi connectivity index (χ3v) is 1.31. The number of aliphatic hydroxyl groups is 1. The van der Waals surface area contributed by atoms with Crippen molar-refractivity contribution in [2.24, 2.45) is 5.92 Å². The van der Waals surface area contributed by atoms with Gasteiger partial charge < -0.3 is 9.84 Å². The van der Waals surface area contributed by atoms with Crippen LogP contribution in [0.1, 0.15) is 20.8 Å². The number of hydrogen-bond donors (Lipinski definition) is 1.